The molecule has 2 nitrogen and oxygen atoms in total. The molecule has 1 unspecified atom stereocenters. The number of hydrogen-bond donors (Lipinski definition) is 0. The molecule has 0 radical (unpaired) electrons. The van der Waals surface area contributed by atoms with Crippen LogP contribution in [-0.4, -0.2) is 16.9 Å². The van der Waals surface area contributed by atoms with Gasteiger partial charge in [0.1, 0.15) is 6.17 Å². The number of rotatable bonds is 3. The Bertz CT molecular complexity index is 437. The van der Waals surface area contributed by atoms with E-state index >= 15 is 0 Å². The molecule has 0 bridgehead atoms. The van der Waals surface area contributed by atoms with E-state index in [-0.39, 0.29) is 12.2 Å². The quantitative estimate of drug-likeness (QED) is 0.778. The summed E-state index contributed by atoms with van der Waals surface area (Å²) in [5, 5.41) is 0. The highest BCUT2D eigenvalue weighted by molar-refractivity contribution is 5.99. The van der Waals surface area contributed by atoms with Gasteiger partial charge < -0.3 is 0 Å². The van der Waals surface area contributed by atoms with Crippen LogP contribution in [-0.2, 0) is 11.2 Å². The molecule has 2 rings (SSSR count). The van der Waals surface area contributed by atoms with Crippen molar-refractivity contribution in [1.82, 2.24) is 4.98 Å². The lowest BCUT2D eigenvalue weighted by Gasteiger charge is -2.08. The fraction of sp³-hybridized carbons (Fsp3) is 0.231. The Morgan fingerprint density at radius 1 is 1.50 bits per heavy atom. The van der Waals surface area contributed by atoms with Gasteiger partial charge >= 0.3 is 0 Å². The van der Waals surface area contributed by atoms with E-state index in [9.17, 15) is 9.18 Å². The second-order valence-electron chi connectivity index (χ2n) is 3.69. The van der Waals surface area contributed by atoms with Gasteiger partial charge in [-0.05, 0) is 18.2 Å². The van der Waals surface area contributed by atoms with Crippen molar-refractivity contribution >= 4 is 5.78 Å². The minimum atomic E-state index is -0.952. The molecule has 1 atom stereocenters. The van der Waals surface area contributed by atoms with E-state index in [4.69, 9.17) is 0 Å². The smallest absolute Gasteiger partial charge is 0.168 e. The molecule has 0 fully saturated rings. The van der Waals surface area contributed by atoms with Crippen LogP contribution in [0.25, 0.3) is 0 Å². The number of hydrogen-bond acceptors (Lipinski definition) is 2. The molecule has 16 heavy (non-hydrogen) atoms. The van der Waals surface area contributed by atoms with Gasteiger partial charge in [0.15, 0.2) is 5.78 Å². The minimum absolute atomic E-state index is 0.0122. The van der Waals surface area contributed by atoms with E-state index < -0.39 is 6.17 Å². The lowest BCUT2D eigenvalue weighted by molar-refractivity contribution is -0.114. The normalized spacial score (nSPS) is 19.3. The van der Waals surface area contributed by atoms with Gasteiger partial charge in [0.05, 0.1) is 6.42 Å². The molecule has 0 spiro atoms. The van der Waals surface area contributed by atoms with Crippen molar-refractivity contribution in [3.63, 3.8) is 0 Å². The number of carbonyl (C=O) groups is 1. The molecule has 0 saturated carbocycles. The van der Waals surface area contributed by atoms with Gasteiger partial charge in [-0.25, -0.2) is 4.39 Å². The fourth-order valence-corrected chi connectivity index (χ4v) is 1.57. The third-order valence-electron chi connectivity index (χ3n) is 2.44. The zero-order chi connectivity index (χ0) is 11.4. The lowest BCUT2D eigenvalue weighted by atomic mass is 9.99. The SMILES string of the molecule is O=C(Cc1ccccn1)C1=CCC(F)C=C1. The van der Waals surface area contributed by atoms with Crippen molar-refractivity contribution in [3.05, 3.63) is 53.9 Å². The Morgan fingerprint density at radius 2 is 2.38 bits per heavy atom. The molecule has 0 amide bonds. The number of nitrogens with zero attached hydrogens (tertiary/aromatic N) is 1. The van der Waals surface area contributed by atoms with Crippen LogP contribution in [0, 0.1) is 0 Å². The fourth-order valence-electron chi connectivity index (χ4n) is 1.57. The molecule has 82 valence electrons. The van der Waals surface area contributed by atoms with E-state index in [1.165, 1.54) is 6.08 Å². The molecule has 0 saturated heterocycles. The molecule has 1 aromatic rings. The third-order valence-corrected chi connectivity index (χ3v) is 2.44. The molecule has 0 aromatic carbocycles. The van der Waals surface area contributed by atoms with Crippen molar-refractivity contribution in [2.75, 3.05) is 0 Å². The summed E-state index contributed by atoms with van der Waals surface area (Å²) in [6.07, 6.45) is 5.89. The van der Waals surface area contributed by atoms with Crippen molar-refractivity contribution in [2.45, 2.75) is 19.0 Å². The molecule has 1 aliphatic rings. The summed E-state index contributed by atoms with van der Waals surface area (Å²) in [4.78, 5) is 15.9. The highest BCUT2D eigenvalue weighted by Gasteiger charge is 2.13. The monoisotopic (exact) mass is 217 g/mol. The largest absolute Gasteiger partial charge is 0.294 e. The van der Waals surface area contributed by atoms with Gasteiger partial charge in [-0.2, -0.15) is 0 Å². The van der Waals surface area contributed by atoms with Crippen LogP contribution in [0.3, 0.4) is 0 Å². The van der Waals surface area contributed by atoms with Gasteiger partial charge in [-0.1, -0.05) is 18.2 Å². The van der Waals surface area contributed by atoms with Crippen LogP contribution in [0.4, 0.5) is 4.39 Å². The van der Waals surface area contributed by atoms with E-state index in [0.717, 1.165) is 5.69 Å². The zero-order valence-corrected chi connectivity index (χ0v) is 8.77. The number of ketones is 1. The van der Waals surface area contributed by atoms with E-state index in [2.05, 4.69) is 4.98 Å². The maximum absolute atomic E-state index is 12.8. The van der Waals surface area contributed by atoms with Crippen molar-refractivity contribution in [3.8, 4) is 0 Å². The summed E-state index contributed by atoms with van der Waals surface area (Å²) >= 11 is 0. The van der Waals surface area contributed by atoms with Gasteiger partial charge in [0.2, 0.25) is 0 Å². The van der Waals surface area contributed by atoms with Gasteiger partial charge in [-0.15, -0.1) is 0 Å². The van der Waals surface area contributed by atoms with E-state index in [1.54, 1.807) is 24.4 Å². The maximum Gasteiger partial charge on any atom is 0.168 e. The second-order valence-corrected chi connectivity index (χ2v) is 3.69. The Balaban J connectivity index is 2.02. The van der Waals surface area contributed by atoms with Crippen LogP contribution >= 0.6 is 0 Å². The van der Waals surface area contributed by atoms with Crippen molar-refractivity contribution in [2.24, 2.45) is 0 Å². The van der Waals surface area contributed by atoms with Crippen LogP contribution in [0.2, 0.25) is 0 Å². The van der Waals surface area contributed by atoms with Crippen LogP contribution in [0.5, 0.6) is 0 Å². The maximum atomic E-state index is 12.8. The highest BCUT2D eigenvalue weighted by Crippen LogP contribution is 2.15. The summed E-state index contributed by atoms with van der Waals surface area (Å²) in [5.74, 6) is -0.0122. The Kier molecular flexibility index (Phi) is 3.25. The number of pyridine rings is 1. The van der Waals surface area contributed by atoms with Crippen LogP contribution in [0.1, 0.15) is 12.1 Å². The Hall–Kier alpha value is -1.77. The predicted octanol–water partition coefficient (Wildman–Crippen LogP) is 2.42. The Labute approximate surface area is 93.5 Å². The van der Waals surface area contributed by atoms with E-state index in [0.29, 0.717) is 12.0 Å². The average Bonchev–Trinajstić information content (AvgIpc) is 2.31. The van der Waals surface area contributed by atoms with Crippen LogP contribution in [0.15, 0.2) is 48.2 Å². The number of allylic oxidation sites excluding steroid dienone is 4. The van der Waals surface area contributed by atoms with Gasteiger partial charge in [-0.3, -0.25) is 9.78 Å². The van der Waals surface area contributed by atoms with Gasteiger partial charge in [0, 0.05) is 23.9 Å². The first kappa shape index (κ1) is 10.7. The first-order valence-electron chi connectivity index (χ1n) is 5.21. The minimum Gasteiger partial charge on any atom is -0.294 e. The molecular weight excluding hydrogens is 205 g/mol. The number of aromatic nitrogens is 1. The van der Waals surface area contributed by atoms with Crippen LogP contribution < -0.4 is 0 Å². The number of carbonyl (C=O) groups excluding carboxylic acids is 1. The summed E-state index contributed by atoms with van der Waals surface area (Å²) < 4.78 is 12.8. The van der Waals surface area contributed by atoms with E-state index in [1.807, 2.05) is 12.1 Å². The third kappa shape index (κ3) is 2.63. The number of Topliss-reactive ketones (excluding diaryl/α,β-unsaturated/α-hetero) is 1. The molecule has 1 aromatic heterocycles. The molecule has 1 aliphatic carbocycles. The predicted molar refractivity (Wildman–Crippen MR) is 59.7 cm³/mol. The average molecular weight is 217 g/mol. The van der Waals surface area contributed by atoms with Crippen molar-refractivity contribution < 1.29 is 9.18 Å². The molecule has 1 heterocycles. The summed E-state index contributed by atoms with van der Waals surface area (Å²) in [5.41, 5.74) is 1.32. The first-order valence-corrected chi connectivity index (χ1v) is 5.21. The molecule has 0 N–H and O–H groups in total. The Morgan fingerprint density at radius 3 is 3.00 bits per heavy atom. The number of halogens is 1. The number of alkyl halides is 1. The summed E-state index contributed by atoms with van der Waals surface area (Å²) in [7, 11) is 0. The topological polar surface area (TPSA) is 30.0 Å². The van der Waals surface area contributed by atoms with Crippen molar-refractivity contribution in [1.29, 1.82) is 0 Å². The summed E-state index contributed by atoms with van der Waals surface area (Å²) in [6.45, 7) is 0. The standard InChI is InChI=1S/C13H12FNO/c14-11-6-4-10(5-7-11)13(16)9-12-3-1-2-8-15-12/h1-6,8,11H,7,9H2. The molecular formula is C13H12FNO. The molecule has 3 heteroatoms. The first-order chi connectivity index (χ1) is 7.75. The molecule has 0 aliphatic heterocycles. The highest BCUT2D eigenvalue weighted by atomic mass is 19.1. The van der Waals surface area contributed by atoms with Gasteiger partial charge in [0.25, 0.3) is 0 Å². The lowest BCUT2D eigenvalue weighted by Crippen LogP contribution is -2.10. The second kappa shape index (κ2) is 4.84. The summed E-state index contributed by atoms with van der Waals surface area (Å²) in [6, 6.07) is 5.46. The zero-order valence-electron chi connectivity index (χ0n) is 8.77.